The second-order valence-electron chi connectivity index (χ2n) is 4.94. The first-order valence-electron chi connectivity index (χ1n) is 7.07. The highest BCUT2D eigenvalue weighted by molar-refractivity contribution is 9.09. The van der Waals surface area contributed by atoms with Gasteiger partial charge in [-0.15, -0.1) is 0 Å². The predicted molar refractivity (Wildman–Crippen MR) is 93.0 cm³/mol. The fourth-order valence-electron chi connectivity index (χ4n) is 2.55. The first-order chi connectivity index (χ1) is 10.4. The molecule has 0 fully saturated rings. The van der Waals surface area contributed by atoms with E-state index < -0.39 is 0 Å². The molecule has 1 aromatic heterocycles. The van der Waals surface area contributed by atoms with E-state index in [1.807, 2.05) is 12.3 Å². The van der Waals surface area contributed by atoms with Crippen LogP contribution in [0.3, 0.4) is 0 Å². The first kappa shape index (κ1) is 14.1. The Morgan fingerprint density at radius 3 is 2.48 bits per heavy atom. The molecule has 2 aromatic carbocycles. The monoisotopic (exact) mass is 340 g/mol. The average Bonchev–Trinajstić information content (AvgIpc) is 2.55. The van der Waals surface area contributed by atoms with Crippen LogP contribution in [0, 0.1) is 0 Å². The van der Waals surface area contributed by atoms with Gasteiger partial charge in [-0.25, -0.2) is 0 Å². The summed E-state index contributed by atoms with van der Waals surface area (Å²) < 4.78 is 0. The lowest BCUT2D eigenvalue weighted by atomic mass is 10.1. The Morgan fingerprint density at radius 1 is 0.905 bits per heavy atom. The van der Waals surface area contributed by atoms with Crippen molar-refractivity contribution >= 4 is 32.5 Å². The number of hydrogen-bond acceptors (Lipinski definition) is 2. The molecule has 1 heterocycles. The third kappa shape index (κ3) is 3.24. The maximum absolute atomic E-state index is 4.45. The Morgan fingerprint density at radius 2 is 1.67 bits per heavy atom. The normalized spacial score (nSPS) is 10.7. The standard InChI is InChI=1S/C18H17BrN2/c19-11-13-21(14-15-6-2-1-3-7-15)18-10-12-20-17-9-5-4-8-16(17)18/h1-10,12H,11,13-14H2. The topological polar surface area (TPSA) is 16.1 Å². The number of fused-ring (bicyclic) bond motifs is 1. The molecule has 0 bridgehead atoms. The smallest absolute Gasteiger partial charge is 0.0722 e. The minimum Gasteiger partial charge on any atom is -0.366 e. The highest BCUT2D eigenvalue weighted by Crippen LogP contribution is 2.26. The zero-order valence-corrected chi connectivity index (χ0v) is 13.3. The van der Waals surface area contributed by atoms with Crippen molar-refractivity contribution in [3.05, 3.63) is 72.4 Å². The summed E-state index contributed by atoms with van der Waals surface area (Å²) in [5.41, 5.74) is 3.60. The molecule has 0 saturated heterocycles. The zero-order valence-electron chi connectivity index (χ0n) is 11.7. The third-order valence-electron chi connectivity index (χ3n) is 3.54. The molecule has 3 rings (SSSR count). The van der Waals surface area contributed by atoms with E-state index in [1.165, 1.54) is 16.6 Å². The van der Waals surface area contributed by atoms with Gasteiger partial charge >= 0.3 is 0 Å². The van der Waals surface area contributed by atoms with Crippen molar-refractivity contribution in [1.29, 1.82) is 0 Å². The van der Waals surface area contributed by atoms with Gasteiger partial charge < -0.3 is 4.90 Å². The summed E-state index contributed by atoms with van der Waals surface area (Å²) in [5.74, 6) is 0. The molecule has 0 aliphatic rings. The molecular formula is C18H17BrN2. The van der Waals surface area contributed by atoms with E-state index in [0.717, 1.165) is 23.9 Å². The van der Waals surface area contributed by atoms with Gasteiger partial charge in [-0.1, -0.05) is 64.5 Å². The largest absolute Gasteiger partial charge is 0.366 e. The van der Waals surface area contributed by atoms with Gasteiger partial charge in [0.25, 0.3) is 0 Å². The lowest BCUT2D eigenvalue weighted by Crippen LogP contribution is -2.25. The number of anilines is 1. The lowest BCUT2D eigenvalue weighted by molar-refractivity contribution is 0.843. The van der Waals surface area contributed by atoms with Crippen LogP contribution in [0.1, 0.15) is 5.56 Å². The molecule has 0 N–H and O–H groups in total. The van der Waals surface area contributed by atoms with Gasteiger partial charge in [0.2, 0.25) is 0 Å². The SMILES string of the molecule is BrCCN(Cc1ccccc1)c1ccnc2ccccc12. The van der Waals surface area contributed by atoms with E-state index in [4.69, 9.17) is 0 Å². The summed E-state index contributed by atoms with van der Waals surface area (Å²) in [4.78, 5) is 6.85. The number of alkyl halides is 1. The van der Waals surface area contributed by atoms with E-state index in [0.29, 0.717) is 0 Å². The van der Waals surface area contributed by atoms with Crippen molar-refractivity contribution < 1.29 is 0 Å². The second kappa shape index (κ2) is 6.72. The molecule has 106 valence electrons. The van der Waals surface area contributed by atoms with Crippen LogP contribution in [-0.2, 0) is 6.54 Å². The summed E-state index contributed by atoms with van der Waals surface area (Å²) >= 11 is 3.57. The Bertz CT molecular complexity index is 707. The second-order valence-corrected chi connectivity index (χ2v) is 5.74. The van der Waals surface area contributed by atoms with Crippen LogP contribution >= 0.6 is 15.9 Å². The fraction of sp³-hybridized carbons (Fsp3) is 0.167. The van der Waals surface area contributed by atoms with E-state index in [2.05, 4.69) is 80.4 Å². The Kier molecular flexibility index (Phi) is 4.51. The van der Waals surface area contributed by atoms with E-state index in [-0.39, 0.29) is 0 Å². The number of halogens is 1. The number of aromatic nitrogens is 1. The lowest BCUT2D eigenvalue weighted by Gasteiger charge is -2.25. The van der Waals surface area contributed by atoms with Crippen LogP contribution in [0.2, 0.25) is 0 Å². The first-order valence-corrected chi connectivity index (χ1v) is 8.19. The van der Waals surface area contributed by atoms with Gasteiger partial charge in [0.05, 0.1) is 5.52 Å². The highest BCUT2D eigenvalue weighted by Gasteiger charge is 2.10. The molecule has 2 nitrogen and oxygen atoms in total. The highest BCUT2D eigenvalue weighted by atomic mass is 79.9. The van der Waals surface area contributed by atoms with Gasteiger partial charge in [-0.2, -0.15) is 0 Å². The molecule has 0 aliphatic heterocycles. The van der Waals surface area contributed by atoms with Gasteiger partial charge in [0.1, 0.15) is 0 Å². The van der Waals surface area contributed by atoms with Crippen LogP contribution in [0.25, 0.3) is 10.9 Å². The average molecular weight is 341 g/mol. The van der Waals surface area contributed by atoms with Crippen LogP contribution in [0.4, 0.5) is 5.69 Å². The molecule has 0 unspecified atom stereocenters. The van der Waals surface area contributed by atoms with Crippen LogP contribution < -0.4 is 4.90 Å². The molecule has 0 aliphatic carbocycles. The van der Waals surface area contributed by atoms with Crippen molar-refractivity contribution in [3.63, 3.8) is 0 Å². The third-order valence-corrected chi connectivity index (χ3v) is 3.89. The number of pyridine rings is 1. The zero-order chi connectivity index (χ0) is 14.5. The summed E-state index contributed by atoms with van der Waals surface area (Å²) in [5, 5.41) is 2.15. The summed E-state index contributed by atoms with van der Waals surface area (Å²) in [6.07, 6.45) is 1.89. The minimum absolute atomic E-state index is 0.903. The van der Waals surface area contributed by atoms with E-state index >= 15 is 0 Å². The Balaban J connectivity index is 1.99. The minimum atomic E-state index is 0.903. The van der Waals surface area contributed by atoms with Crippen molar-refractivity contribution in [2.45, 2.75) is 6.54 Å². The molecule has 0 spiro atoms. The number of rotatable bonds is 5. The molecule has 0 amide bonds. The van der Waals surface area contributed by atoms with E-state index in [9.17, 15) is 0 Å². The predicted octanol–water partition coefficient (Wildman–Crippen LogP) is 4.64. The quantitative estimate of drug-likeness (QED) is 0.629. The molecule has 0 radical (unpaired) electrons. The van der Waals surface area contributed by atoms with Crippen molar-refractivity contribution in [2.75, 3.05) is 16.8 Å². The number of nitrogens with zero attached hydrogens (tertiary/aromatic N) is 2. The molecule has 3 aromatic rings. The summed E-state index contributed by atoms with van der Waals surface area (Å²) in [7, 11) is 0. The molecule has 0 atom stereocenters. The van der Waals surface area contributed by atoms with Crippen molar-refractivity contribution in [2.24, 2.45) is 0 Å². The van der Waals surface area contributed by atoms with Gasteiger partial charge in [0, 0.05) is 35.7 Å². The molecule has 0 saturated carbocycles. The maximum Gasteiger partial charge on any atom is 0.0722 e. The van der Waals surface area contributed by atoms with Crippen molar-refractivity contribution in [1.82, 2.24) is 4.98 Å². The van der Waals surface area contributed by atoms with Crippen LogP contribution in [0.15, 0.2) is 66.9 Å². The maximum atomic E-state index is 4.45. The fourth-order valence-corrected chi connectivity index (χ4v) is 2.98. The summed E-state index contributed by atoms with van der Waals surface area (Å²) in [6, 6.07) is 21.0. The number of hydrogen-bond donors (Lipinski definition) is 0. The Hall–Kier alpha value is -1.87. The van der Waals surface area contributed by atoms with Gasteiger partial charge in [-0.05, 0) is 17.7 Å². The molecule has 3 heteroatoms. The number of para-hydroxylation sites is 1. The van der Waals surface area contributed by atoms with E-state index in [1.54, 1.807) is 0 Å². The number of benzene rings is 2. The molecular weight excluding hydrogens is 324 g/mol. The van der Waals surface area contributed by atoms with Crippen molar-refractivity contribution in [3.8, 4) is 0 Å². The van der Waals surface area contributed by atoms with Crippen LogP contribution in [-0.4, -0.2) is 16.9 Å². The van der Waals surface area contributed by atoms with Gasteiger partial charge in [0.15, 0.2) is 0 Å². The van der Waals surface area contributed by atoms with Gasteiger partial charge in [-0.3, -0.25) is 4.98 Å². The summed E-state index contributed by atoms with van der Waals surface area (Å²) in [6.45, 7) is 1.86. The Labute approximate surface area is 133 Å². The molecule has 21 heavy (non-hydrogen) atoms. The van der Waals surface area contributed by atoms with Crippen LogP contribution in [0.5, 0.6) is 0 Å².